The molecule has 5 nitrogen and oxygen atoms in total. The lowest BCUT2D eigenvalue weighted by Gasteiger charge is -2.37. The Kier molecular flexibility index (Phi) is 5.80. The lowest BCUT2D eigenvalue weighted by atomic mass is 10.2. The molecule has 0 fully saturated rings. The molecule has 0 aliphatic carbocycles. The Labute approximate surface area is 147 Å². The van der Waals surface area contributed by atoms with Gasteiger partial charge in [-0.05, 0) is 0 Å². The number of thiol groups is 1. The van der Waals surface area contributed by atoms with Gasteiger partial charge in [0.2, 0.25) is 5.82 Å². The van der Waals surface area contributed by atoms with Gasteiger partial charge in [-0.2, -0.15) is 43.9 Å². The van der Waals surface area contributed by atoms with Gasteiger partial charge >= 0.3 is 36.0 Å². The van der Waals surface area contributed by atoms with Crippen LogP contribution in [0.2, 0.25) is 0 Å². The Morgan fingerprint density at radius 2 is 1.26 bits per heavy atom. The monoisotopic (exact) mass is 443 g/mol. The predicted octanol–water partition coefficient (Wildman–Crippen LogP) is 4.34. The summed E-state index contributed by atoms with van der Waals surface area (Å²) >= 11 is 3.30. The smallest absolute Gasteiger partial charge is 0.315 e. The SMILES string of the molecule is CC(F)(F)C(F)(F)OC(C)(F)C(F)(F)OC(F)(c1nnc(S)[nH]1)C(F)(F)F. The summed E-state index contributed by atoms with van der Waals surface area (Å²) in [6, 6.07) is 0. The molecule has 1 heterocycles. The van der Waals surface area contributed by atoms with Crippen molar-refractivity contribution in [1.82, 2.24) is 15.2 Å². The Hall–Kier alpha value is -1.36. The van der Waals surface area contributed by atoms with Crippen LogP contribution in [0.15, 0.2) is 5.16 Å². The van der Waals surface area contributed by atoms with Gasteiger partial charge < -0.3 is 4.98 Å². The number of aromatic nitrogens is 3. The molecule has 158 valence electrons. The van der Waals surface area contributed by atoms with E-state index in [0.29, 0.717) is 0 Å². The maximum Gasteiger partial charge on any atom is 0.456 e. The minimum Gasteiger partial charge on any atom is -0.315 e. The number of hydrogen-bond donors (Lipinski definition) is 2. The topological polar surface area (TPSA) is 60.0 Å². The molecule has 0 saturated heterocycles. The third kappa shape index (κ3) is 4.56. The summed E-state index contributed by atoms with van der Waals surface area (Å²) in [7, 11) is 0. The Morgan fingerprint density at radius 3 is 1.59 bits per heavy atom. The summed E-state index contributed by atoms with van der Waals surface area (Å²) in [5.74, 6) is -18.3. The molecular weight excluding hydrogens is 435 g/mol. The highest BCUT2D eigenvalue weighted by atomic mass is 32.1. The molecule has 0 aliphatic rings. The minimum absolute atomic E-state index is 0.556. The zero-order chi connectivity index (χ0) is 21.7. The average Bonchev–Trinajstić information content (AvgIpc) is 2.81. The van der Waals surface area contributed by atoms with Crippen molar-refractivity contribution in [3.8, 4) is 0 Å². The van der Waals surface area contributed by atoms with Crippen LogP contribution in [0, 0.1) is 0 Å². The van der Waals surface area contributed by atoms with Gasteiger partial charge in [0.1, 0.15) is 0 Å². The van der Waals surface area contributed by atoms with Crippen molar-refractivity contribution in [2.45, 2.75) is 55.0 Å². The zero-order valence-electron chi connectivity index (χ0n) is 12.8. The summed E-state index contributed by atoms with van der Waals surface area (Å²) in [5.41, 5.74) is 0. The molecule has 0 spiro atoms. The quantitative estimate of drug-likeness (QED) is 0.487. The van der Waals surface area contributed by atoms with Crippen LogP contribution in [0.1, 0.15) is 19.7 Å². The predicted molar refractivity (Wildman–Crippen MR) is 64.7 cm³/mol. The molecule has 0 radical (unpaired) electrons. The molecule has 2 atom stereocenters. The molecule has 1 aromatic heterocycles. The fraction of sp³-hybridized carbons (Fsp3) is 0.800. The first-order valence-corrected chi connectivity index (χ1v) is 6.71. The molecule has 1 N–H and O–H groups in total. The zero-order valence-corrected chi connectivity index (χ0v) is 13.7. The minimum atomic E-state index is -6.39. The van der Waals surface area contributed by atoms with Gasteiger partial charge in [0.05, 0.1) is 0 Å². The molecule has 1 aromatic rings. The largest absolute Gasteiger partial charge is 0.456 e. The van der Waals surface area contributed by atoms with Crippen molar-refractivity contribution < 1.29 is 57.8 Å². The second kappa shape index (κ2) is 6.61. The van der Waals surface area contributed by atoms with Gasteiger partial charge in [0, 0.05) is 13.8 Å². The summed E-state index contributed by atoms with van der Waals surface area (Å²) in [6.07, 6.45) is -18.5. The number of H-pyrrole nitrogens is 1. The van der Waals surface area contributed by atoms with Crippen molar-refractivity contribution in [2.75, 3.05) is 0 Å². The summed E-state index contributed by atoms with van der Waals surface area (Å²) in [6.45, 7) is -1.23. The number of nitrogens with one attached hydrogen (secondary N) is 1. The Bertz CT molecular complexity index is 672. The van der Waals surface area contributed by atoms with Gasteiger partial charge in [-0.3, -0.25) is 9.47 Å². The number of halogens is 11. The molecule has 1 rings (SSSR count). The van der Waals surface area contributed by atoms with Gasteiger partial charge in [-0.1, -0.05) is 0 Å². The Morgan fingerprint density at radius 1 is 0.778 bits per heavy atom. The highest BCUT2D eigenvalue weighted by Gasteiger charge is 2.72. The van der Waals surface area contributed by atoms with Crippen LogP contribution in [0.25, 0.3) is 0 Å². The molecule has 17 heteroatoms. The highest BCUT2D eigenvalue weighted by Crippen LogP contribution is 2.51. The van der Waals surface area contributed by atoms with Gasteiger partial charge in [0.25, 0.3) is 0 Å². The van der Waals surface area contributed by atoms with E-state index < -0.39 is 60.9 Å². The van der Waals surface area contributed by atoms with Crippen LogP contribution >= 0.6 is 12.6 Å². The van der Waals surface area contributed by atoms with Crippen LogP contribution in [-0.2, 0) is 15.3 Å². The molecule has 0 amide bonds. The van der Waals surface area contributed by atoms with E-state index in [4.69, 9.17) is 0 Å². The fourth-order valence-corrected chi connectivity index (χ4v) is 1.45. The lowest BCUT2D eigenvalue weighted by Crippen LogP contribution is -2.58. The number of hydrogen-bond acceptors (Lipinski definition) is 5. The van der Waals surface area contributed by atoms with E-state index in [1.165, 1.54) is 4.98 Å². The second-order valence-corrected chi connectivity index (χ2v) is 5.56. The van der Waals surface area contributed by atoms with E-state index in [1.54, 1.807) is 0 Å². The standard InChI is InChI=1S/C10H8F11N3O2S/c1-5(11,12)9(18,19)25-6(2,13)10(20,21)26-7(14,8(15,16)17)3-22-4(27)24-23-3/h1-2H3,(H2,22,23,24,27). The van der Waals surface area contributed by atoms with Crippen LogP contribution < -0.4 is 0 Å². The maximum atomic E-state index is 14.2. The summed E-state index contributed by atoms with van der Waals surface area (Å²) in [4.78, 5) is 1.33. The Balaban J connectivity index is 3.31. The first-order chi connectivity index (χ1) is 11.7. The lowest BCUT2D eigenvalue weighted by molar-refractivity contribution is -0.503. The van der Waals surface area contributed by atoms with Crippen molar-refractivity contribution in [3.63, 3.8) is 0 Å². The van der Waals surface area contributed by atoms with Gasteiger partial charge in [0.15, 0.2) is 5.16 Å². The second-order valence-electron chi connectivity index (χ2n) is 5.13. The molecule has 0 aliphatic heterocycles. The van der Waals surface area contributed by atoms with E-state index >= 15 is 0 Å². The van der Waals surface area contributed by atoms with E-state index in [2.05, 4.69) is 32.3 Å². The number of rotatable bonds is 7. The molecular formula is C10H8F11N3O2S. The van der Waals surface area contributed by atoms with E-state index in [-0.39, 0.29) is 0 Å². The molecule has 0 aromatic carbocycles. The molecule has 0 saturated carbocycles. The first-order valence-electron chi connectivity index (χ1n) is 6.27. The molecule has 0 bridgehead atoms. The van der Waals surface area contributed by atoms with Crippen LogP contribution in [0.5, 0.6) is 0 Å². The number of aromatic amines is 1. The third-order valence-electron chi connectivity index (χ3n) is 2.76. The van der Waals surface area contributed by atoms with E-state index in [9.17, 15) is 48.3 Å². The number of nitrogens with zero attached hydrogens (tertiary/aromatic N) is 2. The van der Waals surface area contributed by atoms with Crippen LogP contribution in [-0.4, -0.2) is 45.4 Å². The van der Waals surface area contributed by atoms with Gasteiger partial charge in [-0.25, -0.2) is 4.39 Å². The number of alkyl halides is 11. The van der Waals surface area contributed by atoms with Crippen molar-refractivity contribution in [3.05, 3.63) is 5.82 Å². The van der Waals surface area contributed by atoms with E-state index in [1.807, 2.05) is 0 Å². The fourth-order valence-electron chi connectivity index (χ4n) is 1.30. The first kappa shape index (κ1) is 23.7. The summed E-state index contributed by atoms with van der Waals surface area (Å²) < 4.78 is 151. The van der Waals surface area contributed by atoms with Crippen molar-refractivity contribution >= 4 is 12.6 Å². The average molecular weight is 443 g/mol. The van der Waals surface area contributed by atoms with Crippen molar-refractivity contribution in [1.29, 1.82) is 0 Å². The maximum absolute atomic E-state index is 14.2. The highest BCUT2D eigenvalue weighted by molar-refractivity contribution is 7.80. The van der Waals surface area contributed by atoms with Crippen LogP contribution in [0.3, 0.4) is 0 Å². The van der Waals surface area contributed by atoms with Gasteiger partial charge in [-0.15, -0.1) is 22.8 Å². The van der Waals surface area contributed by atoms with Crippen LogP contribution in [0.4, 0.5) is 48.3 Å². The molecule has 2 unspecified atom stereocenters. The molecule has 27 heavy (non-hydrogen) atoms. The normalized spacial score (nSPS) is 18.9. The number of ether oxygens (including phenoxy) is 2. The van der Waals surface area contributed by atoms with Crippen molar-refractivity contribution in [2.24, 2.45) is 0 Å². The summed E-state index contributed by atoms with van der Waals surface area (Å²) in [5, 5.41) is 4.38. The van der Waals surface area contributed by atoms with E-state index in [0.717, 1.165) is 0 Å². The third-order valence-corrected chi connectivity index (χ3v) is 2.96.